The van der Waals surface area contributed by atoms with Gasteiger partial charge in [0.05, 0.1) is 5.75 Å². The van der Waals surface area contributed by atoms with Crippen LogP contribution < -0.4 is 0 Å². The Morgan fingerprint density at radius 2 is 2.11 bits per heavy atom. The second-order valence-corrected chi connectivity index (χ2v) is 6.55. The molecule has 1 saturated carbocycles. The normalized spacial score (nSPS) is 16.8. The fourth-order valence-electron chi connectivity index (χ4n) is 2.23. The first kappa shape index (κ1) is 14.4. The second-order valence-electron chi connectivity index (χ2n) is 5.60. The lowest BCUT2D eigenvalue weighted by molar-refractivity contribution is -0.133. The Labute approximate surface area is 117 Å². The predicted octanol–water partition coefficient (Wildman–Crippen LogP) is 2.62. The molecule has 0 aliphatic heterocycles. The van der Waals surface area contributed by atoms with Crippen molar-refractivity contribution >= 4 is 17.7 Å². The molecule has 5 nitrogen and oxygen atoms in total. The van der Waals surface area contributed by atoms with Gasteiger partial charge in [0.25, 0.3) is 0 Å². The molecule has 1 unspecified atom stereocenters. The number of carboxylic acid groups (broad SMARTS) is 1. The highest BCUT2D eigenvalue weighted by molar-refractivity contribution is 7.99. The van der Waals surface area contributed by atoms with E-state index in [0.29, 0.717) is 11.8 Å². The zero-order chi connectivity index (χ0) is 14.0. The summed E-state index contributed by atoms with van der Waals surface area (Å²) in [5.41, 5.74) is 0. The van der Waals surface area contributed by atoms with Crippen LogP contribution in [0.15, 0.2) is 5.16 Å². The van der Waals surface area contributed by atoms with Crippen molar-refractivity contribution in [2.24, 2.45) is 11.8 Å². The molecule has 1 fully saturated rings. The maximum Gasteiger partial charge on any atom is 0.313 e. The molecule has 2 rings (SSSR count). The van der Waals surface area contributed by atoms with Crippen molar-refractivity contribution in [3.05, 3.63) is 5.82 Å². The SMILES string of the molecule is CC(C)c1nnc(SCC(=O)O)n1CC(C)C1CC1. The molecule has 1 N–H and O–H groups in total. The molecule has 0 spiro atoms. The number of rotatable bonds is 7. The summed E-state index contributed by atoms with van der Waals surface area (Å²) in [6.07, 6.45) is 2.63. The first-order valence-corrected chi connectivity index (χ1v) is 7.75. The standard InChI is InChI=1S/C13H21N3O2S/c1-8(2)12-14-15-13(19-7-11(17)18)16(12)6-9(3)10-4-5-10/h8-10H,4-7H2,1-3H3,(H,17,18). The molecular weight excluding hydrogens is 262 g/mol. The third-order valence-electron chi connectivity index (χ3n) is 3.48. The van der Waals surface area contributed by atoms with Gasteiger partial charge in [-0.1, -0.05) is 32.5 Å². The van der Waals surface area contributed by atoms with Gasteiger partial charge < -0.3 is 9.67 Å². The van der Waals surface area contributed by atoms with Crippen LogP contribution >= 0.6 is 11.8 Å². The molecule has 1 heterocycles. The Bertz CT molecular complexity index is 455. The van der Waals surface area contributed by atoms with Crippen molar-refractivity contribution < 1.29 is 9.90 Å². The summed E-state index contributed by atoms with van der Waals surface area (Å²) in [5, 5.41) is 17.9. The van der Waals surface area contributed by atoms with Crippen molar-refractivity contribution in [3.63, 3.8) is 0 Å². The molecule has 0 amide bonds. The van der Waals surface area contributed by atoms with E-state index in [2.05, 4.69) is 35.5 Å². The minimum atomic E-state index is -0.819. The number of nitrogens with zero attached hydrogens (tertiary/aromatic N) is 3. The monoisotopic (exact) mass is 283 g/mol. The molecule has 19 heavy (non-hydrogen) atoms. The van der Waals surface area contributed by atoms with Gasteiger partial charge in [-0.05, 0) is 24.7 Å². The Morgan fingerprint density at radius 1 is 1.42 bits per heavy atom. The molecule has 1 aliphatic carbocycles. The Kier molecular flexibility index (Phi) is 4.50. The number of aliphatic carboxylic acids is 1. The van der Waals surface area contributed by atoms with Gasteiger partial charge >= 0.3 is 5.97 Å². The average Bonchev–Trinajstić information content (AvgIpc) is 3.10. The number of hydrogen-bond donors (Lipinski definition) is 1. The maximum absolute atomic E-state index is 10.7. The zero-order valence-electron chi connectivity index (χ0n) is 11.7. The highest BCUT2D eigenvalue weighted by Crippen LogP contribution is 2.38. The second kappa shape index (κ2) is 5.94. The van der Waals surface area contributed by atoms with Gasteiger partial charge in [-0.15, -0.1) is 10.2 Å². The van der Waals surface area contributed by atoms with Crippen LogP contribution in [0.3, 0.4) is 0 Å². The van der Waals surface area contributed by atoms with Crippen molar-refractivity contribution in [3.8, 4) is 0 Å². The molecular formula is C13H21N3O2S. The Morgan fingerprint density at radius 3 is 2.63 bits per heavy atom. The third kappa shape index (κ3) is 3.72. The molecule has 0 aromatic carbocycles. The van der Waals surface area contributed by atoms with Gasteiger partial charge in [0.2, 0.25) is 0 Å². The highest BCUT2D eigenvalue weighted by atomic mass is 32.2. The van der Waals surface area contributed by atoms with E-state index in [-0.39, 0.29) is 5.75 Å². The topological polar surface area (TPSA) is 68.0 Å². The van der Waals surface area contributed by atoms with Crippen LogP contribution in [0.4, 0.5) is 0 Å². The summed E-state index contributed by atoms with van der Waals surface area (Å²) in [6.45, 7) is 7.34. The van der Waals surface area contributed by atoms with E-state index in [4.69, 9.17) is 5.11 Å². The summed E-state index contributed by atoms with van der Waals surface area (Å²) in [6, 6.07) is 0. The van der Waals surface area contributed by atoms with Gasteiger partial charge in [0, 0.05) is 12.5 Å². The van der Waals surface area contributed by atoms with Crippen LogP contribution in [0.1, 0.15) is 45.4 Å². The molecule has 6 heteroatoms. The largest absolute Gasteiger partial charge is 0.481 e. The molecule has 0 saturated heterocycles. The van der Waals surface area contributed by atoms with Gasteiger partial charge in [-0.2, -0.15) is 0 Å². The van der Waals surface area contributed by atoms with E-state index in [0.717, 1.165) is 23.4 Å². The van der Waals surface area contributed by atoms with Crippen molar-refractivity contribution in [1.82, 2.24) is 14.8 Å². The number of aromatic nitrogens is 3. The molecule has 0 bridgehead atoms. The highest BCUT2D eigenvalue weighted by Gasteiger charge is 2.29. The van der Waals surface area contributed by atoms with Gasteiger partial charge in [-0.3, -0.25) is 4.79 Å². The van der Waals surface area contributed by atoms with Crippen molar-refractivity contribution in [1.29, 1.82) is 0 Å². The summed E-state index contributed by atoms with van der Waals surface area (Å²) in [7, 11) is 0. The lowest BCUT2D eigenvalue weighted by Crippen LogP contribution is -2.14. The summed E-state index contributed by atoms with van der Waals surface area (Å²) in [4.78, 5) is 10.7. The fraction of sp³-hybridized carbons (Fsp3) is 0.769. The van der Waals surface area contributed by atoms with Gasteiger partial charge in [0.15, 0.2) is 5.16 Å². The van der Waals surface area contributed by atoms with Crippen LogP contribution in [0.25, 0.3) is 0 Å². The third-order valence-corrected chi connectivity index (χ3v) is 4.44. The van der Waals surface area contributed by atoms with E-state index >= 15 is 0 Å². The molecule has 1 aromatic rings. The number of hydrogen-bond acceptors (Lipinski definition) is 4. The minimum absolute atomic E-state index is 0.0358. The van der Waals surface area contributed by atoms with Crippen LogP contribution in [0, 0.1) is 11.8 Å². The smallest absolute Gasteiger partial charge is 0.313 e. The van der Waals surface area contributed by atoms with Crippen LogP contribution in [0.2, 0.25) is 0 Å². The van der Waals surface area contributed by atoms with Crippen LogP contribution in [-0.4, -0.2) is 31.6 Å². The van der Waals surface area contributed by atoms with Gasteiger partial charge in [0.1, 0.15) is 5.82 Å². The number of carbonyl (C=O) groups is 1. The molecule has 1 atom stereocenters. The van der Waals surface area contributed by atoms with Gasteiger partial charge in [-0.25, -0.2) is 0 Å². The van der Waals surface area contributed by atoms with Crippen LogP contribution in [0.5, 0.6) is 0 Å². The zero-order valence-corrected chi connectivity index (χ0v) is 12.5. The Balaban J connectivity index is 2.14. The lowest BCUT2D eigenvalue weighted by Gasteiger charge is -2.16. The van der Waals surface area contributed by atoms with E-state index in [1.807, 2.05) is 0 Å². The number of thioether (sulfide) groups is 1. The minimum Gasteiger partial charge on any atom is -0.481 e. The van der Waals surface area contributed by atoms with E-state index in [1.54, 1.807) is 0 Å². The van der Waals surface area contributed by atoms with E-state index in [9.17, 15) is 4.79 Å². The fourth-order valence-corrected chi connectivity index (χ4v) is 2.91. The van der Waals surface area contributed by atoms with Crippen LogP contribution in [-0.2, 0) is 11.3 Å². The summed E-state index contributed by atoms with van der Waals surface area (Å²) >= 11 is 1.26. The van der Waals surface area contributed by atoms with E-state index in [1.165, 1.54) is 24.6 Å². The summed E-state index contributed by atoms with van der Waals surface area (Å²) in [5.74, 6) is 1.91. The maximum atomic E-state index is 10.7. The quantitative estimate of drug-likeness (QED) is 0.779. The first-order chi connectivity index (χ1) is 8.99. The summed E-state index contributed by atoms with van der Waals surface area (Å²) < 4.78 is 2.11. The van der Waals surface area contributed by atoms with E-state index < -0.39 is 5.97 Å². The lowest BCUT2D eigenvalue weighted by atomic mass is 10.1. The molecule has 1 aliphatic rings. The number of carboxylic acids is 1. The Hall–Kier alpha value is -1.04. The first-order valence-electron chi connectivity index (χ1n) is 6.76. The average molecular weight is 283 g/mol. The molecule has 0 radical (unpaired) electrons. The molecule has 106 valence electrons. The van der Waals surface area contributed by atoms with Crippen molar-refractivity contribution in [2.45, 2.75) is 51.2 Å². The van der Waals surface area contributed by atoms with Crippen molar-refractivity contribution in [2.75, 3.05) is 5.75 Å². The molecule has 1 aromatic heterocycles. The predicted molar refractivity (Wildman–Crippen MR) is 74.4 cm³/mol.